The van der Waals surface area contributed by atoms with Crippen molar-refractivity contribution in [1.29, 1.82) is 0 Å². The van der Waals surface area contributed by atoms with Crippen LogP contribution in [0.5, 0.6) is 0 Å². The van der Waals surface area contributed by atoms with Gasteiger partial charge in [-0.1, -0.05) is 0 Å². The summed E-state index contributed by atoms with van der Waals surface area (Å²) in [6.07, 6.45) is -8.46. The Morgan fingerprint density at radius 1 is 0.792 bits per heavy atom. The molecule has 0 spiro atoms. The molecular formula is C12H24N2O10. The topological polar surface area (TPSA) is 202 Å². The molecule has 0 aromatic rings. The molecule has 0 aliphatic rings. The van der Waals surface area contributed by atoms with Gasteiger partial charge in [0.1, 0.15) is 12.1 Å². The standard InChI is InChI=1S/C12H24N2O10/c1-13(5(9(17)18)7(15)11(21)22)3-4-14(2)6(10(19)20)8(16)12(23)24/h5-9,11,15-18,21-22H,3-4H2,1-2H3,(H,19,20)(H,23,24). The number of hydrogen-bond acceptors (Lipinski definition) is 10. The first kappa shape index (κ1) is 22.6. The molecule has 0 aliphatic heterocycles. The van der Waals surface area contributed by atoms with E-state index in [-0.39, 0.29) is 13.1 Å². The van der Waals surface area contributed by atoms with Gasteiger partial charge in [0.25, 0.3) is 0 Å². The van der Waals surface area contributed by atoms with E-state index in [9.17, 15) is 30.0 Å². The summed E-state index contributed by atoms with van der Waals surface area (Å²) in [6.45, 7) is -0.256. The normalized spacial score (nSPS) is 17.3. The number of rotatable bonds is 11. The average Bonchev–Trinajstić information content (AvgIpc) is 2.44. The summed E-state index contributed by atoms with van der Waals surface area (Å²) in [5.74, 6) is -3.29. The van der Waals surface area contributed by atoms with Crippen LogP contribution in [0.3, 0.4) is 0 Å². The third-order valence-electron chi connectivity index (χ3n) is 3.56. The van der Waals surface area contributed by atoms with Gasteiger partial charge in [-0.25, -0.2) is 4.79 Å². The van der Waals surface area contributed by atoms with Crippen LogP contribution in [0.15, 0.2) is 0 Å². The predicted molar refractivity (Wildman–Crippen MR) is 76.6 cm³/mol. The van der Waals surface area contributed by atoms with E-state index >= 15 is 0 Å². The van der Waals surface area contributed by atoms with Gasteiger partial charge >= 0.3 is 11.9 Å². The van der Waals surface area contributed by atoms with Crippen molar-refractivity contribution >= 4 is 11.9 Å². The molecule has 12 nitrogen and oxygen atoms in total. The van der Waals surface area contributed by atoms with Gasteiger partial charge < -0.3 is 40.9 Å². The number of likely N-dealkylation sites (N-methyl/N-ethyl adjacent to an activating group) is 2. The Hall–Kier alpha value is -1.38. The third-order valence-corrected chi connectivity index (χ3v) is 3.56. The van der Waals surface area contributed by atoms with Gasteiger partial charge in [-0.15, -0.1) is 0 Å². The van der Waals surface area contributed by atoms with Crippen molar-refractivity contribution < 1.29 is 50.4 Å². The molecular weight excluding hydrogens is 332 g/mol. The molecule has 0 saturated heterocycles. The van der Waals surface area contributed by atoms with Crippen LogP contribution in [-0.4, -0.2) is 127 Å². The summed E-state index contributed by atoms with van der Waals surface area (Å²) < 4.78 is 0. The minimum atomic E-state index is -2.24. The highest BCUT2D eigenvalue weighted by Crippen LogP contribution is 2.11. The maximum absolute atomic E-state index is 11.1. The molecule has 4 unspecified atom stereocenters. The average molecular weight is 356 g/mol. The molecule has 0 rings (SSSR count). The number of carboxylic acid groups (broad SMARTS) is 2. The lowest BCUT2D eigenvalue weighted by Crippen LogP contribution is -2.56. The molecule has 0 fully saturated rings. The predicted octanol–water partition coefficient (Wildman–Crippen LogP) is -4.90. The van der Waals surface area contributed by atoms with E-state index in [1.807, 2.05) is 0 Å². The van der Waals surface area contributed by atoms with Gasteiger partial charge in [0.05, 0.1) is 6.04 Å². The van der Waals surface area contributed by atoms with E-state index in [2.05, 4.69) is 0 Å². The van der Waals surface area contributed by atoms with Crippen LogP contribution in [0.25, 0.3) is 0 Å². The van der Waals surface area contributed by atoms with E-state index in [1.54, 1.807) is 0 Å². The van der Waals surface area contributed by atoms with E-state index < -0.39 is 48.8 Å². The largest absolute Gasteiger partial charge is 0.480 e. The van der Waals surface area contributed by atoms with Gasteiger partial charge in [0.2, 0.25) is 0 Å². The number of nitrogens with zero attached hydrogens (tertiary/aromatic N) is 2. The Morgan fingerprint density at radius 3 is 1.58 bits per heavy atom. The van der Waals surface area contributed by atoms with Crippen molar-refractivity contribution in [1.82, 2.24) is 9.80 Å². The van der Waals surface area contributed by atoms with Crippen molar-refractivity contribution in [3.05, 3.63) is 0 Å². The Morgan fingerprint density at radius 2 is 1.25 bits per heavy atom. The fraction of sp³-hybridized carbons (Fsp3) is 0.833. The lowest BCUT2D eigenvalue weighted by molar-refractivity contribution is -0.194. The van der Waals surface area contributed by atoms with Gasteiger partial charge in [-0.3, -0.25) is 14.6 Å². The van der Waals surface area contributed by atoms with Gasteiger partial charge in [0, 0.05) is 13.1 Å². The highest BCUT2D eigenvalue weighted by Gasteiger charge is 2.37. The molecule has 4 atom stereocenters. The minimum Gasteiger partial charge on any atom is -0.480 e. The molecule has 0 amide bonds. The monoisotopic (exact) mass is 356 g/mol. The molecule has 0 aromatic carbocycles. The van der Waals surface area contributed by atoms with Gasteiger partial charge in [0.15, 0.2) is 18.7 Å². The first-order valence-corrected chi connectivity index (χ1v) is 6.86. The molecule has 24 heavy (non-hydrogen) atoms. The fourth-order valence-corrected chi connectivity index (χ4v) is 2.14. The molecule has 0 saturated carbocycles. The summed E-state index contributed by atoms with van der Waals surface area (Å²) in [7, 11) is 2.54. The Labute approximate surface area is 137 Å². The van der Waals surface area contributed by atoms with Crippen LogP contribution in [-0.2, 0) is 9.59 Å². The number of aliphatic carboxylic acids is 2. The van der Waals surface area contributed by atoms with Crippen LogP contribution in [0.4, 0.5) is 0 Å². The van der Waals surface area contributed by atoms with Crippen molar-refractivity contribution in [2.75, 3.05) is 27.2 Å². The zero-order valence-electron chi connectivity index (χ0n) is 13.2. The summed E-state index contributed by atoms with van der Waals surface area (Å²) in [6, 6.07) is -3.24. The summed E-state index contributed by atoms with van der Waals surface area (Å²) in [5.41, 5.74) is 0. The Bertz CT molecular complexity index is 419. The number of carboxylic acids is 2. The number of aliphatic hydroxyl groups is 6. The third kappa shape index (κ3) is 6.26. The number of carbonyl (C=O) groups is 2. The maximum Gasteiger partial charge on any atom is 0.334 e. The van der Waals surface area contributed by atoms with Crippen molar-refractivity contribution in [2.45, 2.75) is 36.9 Å². The molecule has 12 heteroatoms. The Kier molecular flexibility index (Phi) is 9.24. The number of hydrogen-bond donors (Lipinski definition) is 8. The van der Waals surface area contributed by atoms with Crippen LogP contribution in [0.2, 0.25) is 0 Å². The highest BCUT2D eigenvalue weighted by molar-refractivity contribution is 5.84. The lowest BCUT2D eigenvalue weighted by atomic mass is 10.1. The van der Waals surface area contributed by atoms with Crippen LogP contribution < -0.4 is 0 Å². The van der Waals surface area contributed by atoms with Crippen LogP contribution >= 0.6 is 0 Å². The first-order valence-electron chi connectivity index (χ1n) is 6.86. The summed E-state index contributed by atoms with van der Waals surface area (Å²) in [4.78, 5) is 24.0. The second kappa shape index (κ2) is 9.80. The number of aliphatic hydroxyl groups excluding tert-OH is 4. The van der Waals surface area contributed by atoms with Crippen LogP contribution in [0.1, 0.15) is 0 Å². The molecule has 142 valence electrons. The summed E-state index contributed by atoms with van der Waals surface area (Å²) >= 11 is 0. The molecule has 0 aromatic heterocycles. The second-order valence-corrected chi connectivity index (χ2v) is 5.34. The van der Waals surface area contributed by atoms with Gasteiger partial charge in [-0.05, 0) is 14.1 Å². The van der Waals surface area contributed by atoms with Crippen molar-refractivity contribution in [3.8, 4) is 0 Å². The molecule has 8 N–H and O–H groups in total. The zero-order chi connectivity index (χ0) is 19.2. The van der Waals surface area contributed by atoms with E-state index in [0.717, 1.165) is 9.80 Å². The van der Waals surface area contributed by atoms with Crippen molar-refractivity contribution in [3.63, 3.8) is 0 Å². The minimum absolute atomic E-state index is 0.112. The quantitative estimate of drug-likeness (QED) is 0.164. The smallest absolute Gasteiger partial charge is 0.334 e. The SMILES string of the molecule is CN(CCN(C)C(C(O)O)C(O)C(O)O)C(C(=O)O)C(O)C(=O)O. The van der Waals surface area contributed by atoms with Gasteiger partial charge in [-0.2, -0.15) is 0 Å². The fourth-order valence-electron chi connectivity index (χ4n) is 2.14. The van der Waals surface area contributed by atoms with E-state index in [0.29, 0.717) is 0 Å². The molecule has 0 bridgehead atoms. The maximum atomic E-state index is 11.1. The van der Waals surface area contributed by atoms with Crippen LogP contribution in [0, 0.1) is 0 Å². The molecule has 0 radical (unpaired) electrons. The first-order chi connectivity index (χ1) is 10.9. The summed E-state index contributed by atoms with van der Waals surface area (Å²) in [5, 5.41) is 73.1. The molecule has 0 aliphatic carbocycles. The zero-order valence-corrected chi connectivity index (χ0v) is 13.2. The molecule has 0 heterocycles. The van der Waals surface area contributed by atoms with E-state index in [4.69, 9.17) is 20.4 Å². The highest BCUT2D eigenvalue weighted by atomic mass is 16.5. The lowest BCUT2D eigenvalue weighted by Gasteiger charge is -2.35. The van der Waals surface area contributed by atoms with Crippen molar-refractivity contribution in [2.24, 2.45) is 0 Å². The van der Waals surface area contributed by atoms with E-state index in [1.165, 1.54) is 14.1 Å². The second-order valence-electron chi connectivity index (χ2n) is 5.34. The Balaban J connectivity index is 4.94.